The lowest BCUT2D eigenvalue weighted by molar-refractivity contribution is 0.921. The van der Waals surface area contributed by atoms with E-state index in [0.717, 1.165) is 28.2 Å². The van der Waals surface area contributed by atoms with E-state index in [4.69, 9.17) is 0 Å². The Morgan fingerprint density at radius 2 is 1.96 bits per heavy atom. The highest BCUT2D eigenvalue weighted by Crippen LogP contribution is 2.26. The van der Waals surface area contributed by atoms with Crippen molar-refractivity contribution in [3.8, 4) is 0 Å². The van der Waals surface area contributed by atoms with E-state index in [0.29, 0.717) is 5.95 Å². The Bertz CT molecular complexity index is 881. The van der Waals surface area contributed by atoms with Gasteiger partial charge < -0.3 is 10.2 Å². The van der Waals surface area contributed by atoms with Crippen LogP contribution in [0.3, 0.4) is 0 Å². The van der Waals surface area contributed by atoms with Crippen molar-refractivity contribution in [1.82, 2.24) is 15.2 Å². The van der Waals surface area contributed by atoms with Gasteiger partial charge in [-0.3, -0.25) is 0 Å². The Kier molecular flexibility index (Phi) is 5.28. The molecule has 0 radical (unpaired) electrons. The molecule has 0 aliphatic rings. The zero-order valence-corrected chi connectivity index (χ0v) is 16.1. The normalized spacial score (nSPS) is 10.6. The second kappa shape index (κ2) is 7.61. The summed E-state index contributed by atoms with van der Waals surface area (Å²) in [5.41, 5.74) is 4.39. The summed E-state index contributed by atoms with van der Waals surface area (Å²) in [5, 5.41) is 11.4. The van der Waals surface area contributed by atoms with Crippen molar-refractivity contribution >= 4 is 39.1 Å². The molecule has 6 heteroatoms. The maximum absolute atomic E-state index is 4.62. The van der Waals surface area contributed by atoms with Gasteiger partial charge in [-0.15, -0.1) is 5.10 Å². The standard InChI is InChI=1S/C19H20BrN5/c1-4-25(16-7-5-6-13(2)10-16)18-12-21-24-19(23-18)22-15-9-8-14(3)17(20)11-15/h5-12H,4H2,1-3H3,(H,22,23,24). The van der Waals surface area contributed by atoms with Crippen molar-refractivity contribution in [2.24, 2.45) is 0 Å². The summed E-state index contributed by atoms with van der Waals surface area (Å²) in [6.07, 6.45) is 1.68. The van der Waals surface area contributed by atoms with E-state index in [2.05, 4.69) is 73.4 Å². The lowest BCUT2D eigenvalue weighted by atomic mass is 10.2. The molecule has 0 aliphatic heterocycles. The Balaban J connectivity index is 1.88. The van der Waals surface area contributed by atoms with E-state index in [1.807, 2.05) is 31.2 Å². The topological polar surface area (TPSA) is 53.9 Å². The fourth-order valence-corrected chi connectivity index (χ4v) is 2.93. The number of anilines is 4. The van der Waals surface area contributed by atoms with Crippen molar-refractivity contribution in [2.75, 3.05) is 16.8 Å². The first kappa shape index (κ1) is 17.4. The first-order valence-electron chi connectivity index (χ1n) is 8.14. The third-order valence-corrected chi connectivity index (χ3v) is 4.73. The zero-order valence-electron chi connectivity index (χ0n) is 14.5. The van der Waals surface area contributed by atoms with Crippen LogP contribution >= 0.6 is 15.9 Å². The van der Waals surface area contributed by atoms with Crippen molar-refractivity contribution in [3.63, 3.8) is 0 Å². The van der Waals surface area contributed by atoms with Crippen LogP contribution in [0.25, 0.3) is 0 Å². The van der Waals surface area contributed by atoms with Gasteiger partial charge in [-0.2, -0.15) is 10.1 Å². The molecule has 1 aromatic heterocycles. The highest BCUT2D eigenvalue weighted by Gasteiger charge is 2.11. The molecule has 0 bridgehead atoms. The Hall–Kier alpha value is -2.47. The van der Waals surface area contributed by atoms with Gasteiger partial charge in [0.15, 0.2) is 5.82 Å². The number of aromatic nitrogens is 3. The van der Waals surface area contributed by atoms with Crippen LogP contribution in [0.1, 0.15) is 18.1 Å². The molecule has 1 heterocycles. The van der Waals surface area contributed by atoms with Crippen LogP contribution in [0, 0.1) is 13.8 Å². The van der Waals surface area contributed by atoms with Gasteiger partial charge in [-0.1, -0.05) is 34.1 Å². The Labute approximate surface area is 156 Å². The van der Waals surface area contributed by atoms with E-state index in [1.54, 1.807) is 6.20 Å². The van der Waals surface area contributed by atoms with E-state index in [9.17, 15) is 0 Å². The van der Waals surface area contributed by atoms with Crippen LogP contribution in [0.15, 0.2) is 53.1 Å². The van der Waals surface area contributed by atoms with Crippen LogP contribution in [-0.2, 0) is 0 Å². The van der Waals surface area contributed by atoms with E-state index in [1.165, 1.54) is 11.1 Å². The lowest BCUT2D eigenvalue weighted by Crippen LogP contribution is -2.18. The largest absolute Gasteiger partial charge is 0.325 e. The third-order valence-electron chi connectivity index (χ3n) is 3.88. The van der Waals surface area contributed by atoms with Gasteiger partial charge in [0.1, 0.15) is 0 Å². The van der Waals surface area contributed by atoms with Gasteiger partial charge in [0.25, 0.3) is 0 Å². The van der Waals surface area contributed by atoms with Gasteiger partial charge in [0.05, 0.1) is 6.20 Å². The molecule has 128 valence electrons. The molecule has 3 rings (SSSR count). The number of halogens is 1. The highest BCUT2D eigenvalue weighted by molar-refractivity contribution is 9.10. The van der Waals surface area contributed by atoms with Crippen molar-refractivity contribution in [3.05, 3.63) is 64.3 Å². The molecule has 0 spiro atoms. The molecule has 25 heavy (non-hydrogen) atoms. The number of hydrogen-bond donors (Lipinski definition) is 1. The molecular weight excluding hydrogens is 378 g/mol. The summed E-state index contributed by atoms with van der Waals surface area (Å²) in [6.45, 7) is 7.01. The van der Waals surface area contributed by atoms with Gasteiger partial charge in [-0.25, -0.2) is 0 Å². The average Bonchev–Trinajstić information content (AvgIpc) is 2.59. The maximum atomic E-state index is 4.62. The highest BCUT2D eigenvalue weighted by atomic mass is 79.9. The van der Waals surface area contributed by atoms with Gasteiger partial charge in [0.2, 0.25) is 5.95 Å². The minimum Gasteiger partial charge on any atom is -0.325 e. The molecule has 0 aliphatic carbocycles. The molecule has 1 N–H and O–H groups in total. The molecule has 0 amide bonds. The van der Waals surface area contributed by atoms with Crippen LogP contribution < -0.4 is 10.2 Å². The molecule has 0 saturated heterocycles. The van der Waals surface area contributed by atoms with Gasteiger partial charge >= 0.3 is 0 Å². The average molecular weight is 398 g/mol. The summed E-state index contributed by atoms with van der Waals surface area (Å²) in [6, 6.07) is 14.4. The van der Waals surface area contributed by atoms with Crippen LogP contribution in [0.5, 0.6) is 0 Å². The second-order valence-electron chi connectivity index (χ2n) is 5.81. The summed E-state index contributed by atoms with van der Waals surface area (Å²) >= 11 is 3.54. The molecular formula is C19H20BrN5. The van der Waals surface area contributed by atoms with Crippen LogP contribution in [-0.4, -0.2) is 21.7 Å². The van der Waals surface area contributed by atoms with Crippen LogP contribution in [0.2, 0.25) is 0 Å². The minimum atomic E-state index is 0.472. The van der Waals surface area contributed by atoms with Crippen LogP contribution in [0.4, 0.5) is 23.1 Å². The predicted molar refractivity (Wildman–Crippen MR) is 106 cm³/mol. The predicted octanol–water partition coefficient (Wildman–Crippen LogP) is 5.15. The number of nitrogens with zero attached hydrogens (tertiary/aromatic N) is 4. The molecule has 2 aromatic carbocycles. The van der Waals surface area contributed by atoms with Gasteiger partial charge in [-0.05, 0) is 56.2 Å². The summed E-state index contributed by atoms with van der Waals surface area (Å²) in [5.74, 6) is 1.23. The number of nitrogens with one attached hydrogen (secondary N) is 1. The zero-order chi connectivity index (χ0) is 17.8. The number of hydrogen-bond acceptors (Lipinski definition) is 5. The van der Waals surface area contributed by atoms with Crippen molar-refractivity contribution in [2.45, 2.75) is 20.8 Å². The first-order valence-corrected chi connectivity index (χ1v) is 8.93. The maximum Gasteiger partial charge on any atom is 0.249 e. The molecule has 0 atom stereocenters. The monoisotopic (exact) mass is 397 g/mol. The Morgan fingerprint density at radius 1 is 1.12 bits per heavy atom. The quantitative estimate of drug-likeness (QED) is 0.644. The summed E-state index contributed by atoms with van der Waals surface area (Å²) < 4.78 is 1.04. The molecule has 5 nitrogen and oxygen atoms in total. The fraction of sp³-hybridized carbons (Fsp3) is 0.211. The SMILES string of the molecule is CCN(c1cccc(C)c1)c1cnnc(Nc2ccc(C)c(Br)c2)n1. The third kappa shape index (κ3) is 4.14. The summed E-state index contributed by atoms with van der Waals surface area (Å²) in [4.78, 5) is 6.73. The number of aryl methyl sites for hydroxylation is 2. The molecule has 0 unspecified atom stereocenters. The number of rotatable bonds is 5. The fourth-order valence-electron chi connectivity index (χ4n) is 2.55. The molecule has 0 saturated carbocycles. The molecule has 3 aromatic rings. The smallest absolute Gasteiger partial charge is 0.249 e. The minimum absolute atomic E-state index is 0.472. The van der Waals surface area contributed by atoms with E-state index in [-0.39, 0.29) is 0 Å². The second-order valence-corrected chi connectivity index (χ2v) is 6.66. The molecule has 0 fully saturated rings. The van der Waals surface area contributed by atoms with E-state index < -0.39 is 0 Å². The van der Waals surface area contributed by atoms with Gasteiger partial charge in [0, 0.05) is 22.4 Å². The van der Waals surface area contributed by atoms with Crippen molar-refractivity contribution in [1.29, 1.82) is 0 Å². The van der Waals surface area contributed by atoms with Crippen molar-refractivity contribution < 1.29 is 0 Å². The lowest BCUT2D eigenvalue weighted by Gasteiger charge is -2.22. The first-order chi connectivity index (χ1) is 12.1. The number of benzene rings is 2. The van der Waals surface area contributed by atoms with E-state index >= 15 is 0 Å². The Morgan fingerprint density at radius 3 is 2.68 bits per heavy atom. The summed E-state index contributed by atoms with van der Waals surface area (Å²) in [7, 11) is 0.